The van der Waals surface area contributed by atoms with Crippen LogP contribution in [0.2, 0.25) is 6.82 Å². The first-order chi connectivity index (χ1) is 6.85. The van der Waals surface area contributed by atoms with Gasteiger partial charge in [0.15, 0.2) is 0 Å². The summed E-state index contributed by atoms with van der Waals surface area (Å²) in [4.78, 5) is 0. The van der Waals surface area contributed by atoms with Gasteiger partial charge in [-0.1, -0.05) is 13.3 Å². The van der Waals surface area contributed by atoms with E-state index in [0.29, 0.717) is 0 Å². The molecule has 0 heterocycles. The van der Waals surface area contributed by atoms with Gasteiger partial charge in [-0.15, -0.1) is 11.8 Å². The molecule has 1 saturated carbocycles. The Balaban J connectivity index is 0.000000293. The summed E-state index contributed by atoms with van der Waals surface area (Å²) in [7, 11) is 1.25. The second kappa shape index (κ2) is 6.01. The summed E-state index contributed by atoms with van der Waals surface area (Å²) >= 11 is 0. The van der Waals surface area contributed by atoms with E-state index in [1.165, 1.54) is 26.3 Å². The van der Waals surface area contributed by atoms with Crippen molar-refractivity contribution in [3.05, 3.63) is 0 Å². The van der Waals surface area contributed by atoms with Gasteiger partial charge in [0.1, 0.15) is 0 Å². The van der Waals surface area contributed by atoms with Gasteiger partial charge in [-0.2, -0.15) is 0 Å². The van der Waals surface area contributed by atoms with Crippen LogP contribution in [0.3, 0.4) is 0 Å². The van der Waals surface area contributed by atoms with Crippen LogP contribution in [0.15, 0.2) is 0 Å². The number of rotatable bonds is 1. The van der Waals surface area contributed by atoms with Crippen LogP contribution >= 0.6 is 0 Å². The standard InChI is InChI=1S/C11H16.CH4BN/c1-2-9-10-7-5-3-4-6-8-11(9)10;1-2-3/h9-11H,2,5-8H2,1H3;3H,1H3. The molecule has 2 aliphatic carbocycles. The molecule has 0 radical (unpaired) electrons. The van der Waals surface area contributed by atoms with Gasteiger partial charge in [-0.25, -0.2) is 0 Å². The largest absolute Gasteiger partial charge is 0.103 e. The zero-order valence-electron chi connectivity index (χ0n) is 9.34. The molecule has 2 atom stereocenters. The first-order valence-electron chi connectivity index (χ1n) is 5.75. The van der Waals surface area contributed by atoms with E-state index in [1.54, 1.807) is 6.82 Å². The third-order valence-corrected chi connectivity index (χ3v) is 3.31. The first-order valence-corrected chi connectivity index (χ1v) is 5.75. The summed E-state index contributed by atoms with van der Waals surface area (Å²) in [6, 6.07) is 0. The molecule has 2 heteroatoms. The normalized spacial score (nSPS) is 32.9. The fourth-order valence-electron chi connectivity index (χ4n) is 2.64. The van der Waals surface area contributed by atoms with Crippen LogP contribution in [-0.2, 0) is 0 Å². The molecule has 1 N–H and O–H groups in total. The van der Waals surface area contributed by atoms with Crippen LogP contribution < -0.4 is 0 Å². The van der Waals surface area contributed by atoms with E-state index < -0.39 is 0 Å². The van der Waals surface area contributed by atoms with E-state index in [-0.39, 0.29) is 0 Å². The molecular formula is C12H20BN. The van der Waals surface area contributed by atoms with E-state index in [0.717, 1.165) is 30.6 Å². The van der Waals surface area contributed by atoms with Gasteiger partial charge in [0.2, 0.25) is 0 Å². The molecule has 0 bridgehead atoms. The molecule has 1 fully saturated rings. The van der Waals surface area contributed by atoms with E-state index in [1.807, 2.05) is 0 Å². The van der Waals surface area contributed by atoms with Gasteiger partial charge in [-0.05, 0) is 30.6 Å². The third-order valence-electron chi connectivity index (χ3n) is 3.31. The molecular weight excluding hydrogens is 169 g/mol. The molecule has 2 unspecified atom stereocenters. The van der Waals surface area contributed by atoms with Crippen molar-refractivity contribution in [3.8, 4) is 11.8 Å². The van der Waals surface area contributed by atoms with E-state index >= 15 is 0 Å². The average molecular weight is 189 g/mol. The van der Waals surface area contributed by atoms with Crippen molar-refractivity contribution < 1.29 is 0 Å². The molecule has 0 saturated heterocycles. The van der Waals surface area contributed by atoms with Crippen LogP contribution in [0.1, 0.15) is 39.0 Å². The predicted octanol–water partition coefficient (Wildman–Crippen LogP) is 3.34. The summed E-state index contributed by atoms with van der Waals surface area (Å²) in [6.45, 7) is 4.00. The van der Waals surface area contributed by atoms with E-state index in [9.17, 15) is 0 Å². The second-order valence-electron chi connectivity index (χ2n) is 4.12. The Morgan fingerprint density at radius 1 is 1.21 bits per heavy atom. The van der Waals surface area contributed by atoms with Crippen molar-refractivity contribution in [1.29, 1.82) is 5.31 Å². The maximum atomic E-state index is 6.08. The smallest absolute Gasteiger partial charge is 0.00915 e. The summed E-state index contributed by atoms with van der Waals surface area (Å²) in [5.41, 5.74) is 0. The maximum absolute atomic E-state index is 6.08. The van der Waals surface area contributed by atoms with Crippen LogP contribution in [0.4, 0.5) is 0 Å². The monoisotopic (exact) mass is 189 g/mol. The van der Waals surface area contributed by atoms with Crippen LogP contribution in [0.25, 0.3) is 0 Å². The SMILES string of the molecule is CB=N.CCC1C2CCC#CCCC12. The molecule has 14 heavy (non-hydrogen) atoms. The fraction of sp³-hybridized carbons (Fsp3) is 0.833. The average Bonchev–Trinajstić information content (AvgIpc) is 2.77. The van der Waals surface area contributed by atoms with Crippen molar-refractivity contribution >= 4 is 7.07 Å². The molecule has 0 spiro atoms. The maximum Gasteiger partial charge on any atom is 0.00915 e. The molecule has 0 aliphatic heterocycles. The van der Waals surface area contributed by atoms with Gasteiger partial charge in [0.05, 0.1) is 0 Å². The Labute approximate surface area is 88.4 Å². The Morgan fingerprint density at radius 3 is 2.00 bits per heavy atom. The van der Waals surface area contributed by atoms with Crippen molar-refractivity contribution in [2.24, 2.45) is 17.8 Å². The Bertz CT molecular complexity index is 220. The molecule has 76 valence electrons. The van der Waals surface area contributed by atoms with Crippen molar-refractivity contribution in [2.75, 3.05) is 0 Å². The number of nitrogens with one attached hydrogen (secondary N) is 1. The summed E-state index contributed by atoms with van der Waals surface area (Å²) in [5.74, 6) is 9.67. The van der Waals surface area contributed by atoms with Crippen molar-refractivity contribution in [3.63, 3.8) is 0 Å². The Morgan fingerprint density at radius 2 is 1.64 bits per heavy atom. The molecule has 2 rings (SSSR count). The Kier molecular flexibility index (Phi) is 4.94. The van der Waals surface area contributed by atoms with Crippen LogP contribution in [0.5, 0.6) is 0 Å². The van der Waals surface area contributed by atoms with Gasteiger partial charge in [0.25, 0.3) is 0 Å². The van der Waals surface area contributed by atoms with E-state index in [2.05, 4.69) is 18.8 Å². The summed E-state index contributed by atoms with van der Waals surface area (Å²) in [6.07, 6.45) is 6.50. The fourth-order valence-corrected chi connectivity index (χ4v) is 2.64. The topological polar surface area (TPSA) is 23.9 Å². The minimum atomic E-state index is 1.06. The van der Waals surface area contributed by atoms with Crippen LogP contribution in [-0.4, -0.2) is 7.07 Å². The van der Waals surface area contributed by atoms with E-state index in [4.69, 9.17) is 5.31 Å². The number of hydrogen-bond donors (Lipinski definition) is 1. The molecule has 2 aliphatic rings. The minimum absolute atomic E-state index is 1.06. The van der Waals surface area contributed by atoms with Crippen molar-refractivity contribution in [2.45, 2.75) is 45.9 Å². The van der Waals surface area contributed by atoms with Crippen molar-refractivity contribution in [1.82, 2.24) is 0 Å². The number of hydrogen-bond acceptors (Lipinski definition) is 1. The molecule has 0 aromatic carbocycles. The molecule has 0 amide bonds. The summed E-state index contributed by atoms with van der Waals surface area (Å²) in [5, 5.41) is 6.08. The first kappa shape index (κ1) is 11.5. The quantitative estimate of drug-likeness (QED) is 0.483. The number of fused-ring (bicyclic) bond motifs is 1. The zero-order chi connectivity index (χ0) is 10.4. The molecule has 1 nitrogen and oxygen atoms in total. The zero-order valence-corrected chi connectivity index (χ0v) is 9.34. The molecule has 0 aromatic rings. The van der Waals surface area contributed by atoms with Crippen LogP contribution in [0, 0.1) is 34.9 Å². The second-order valence-corrected chi connectivity index (χ2v) is 4.12. The third kappa shape index (κ3) is 2.98. The van der Waals surface area contributed by atoms with Gasteiger partial charge in [0, 0.05) is 12.8 Å². The molecule has 0 aromatic heterocycles. The van der Waals surface area contributed by atoms with Gasteiger partial charge in [-0.3, -0.25) is 0 Å². The van der Waals surface area contributed by atoms with Gasteiger partial charge >= 0.3 is 19.2 Å². The Hall–Kier alpha value is -0.575. The summed E-state index contributed by atoms with van der Waals surface area (Å²) < 4.78 is 0. The predicted molar refractivity (Wildman–Crippen MR) is 61.3 cm³/mol. The van der Waals surface area contributed by atoms with Gasteiger partial charge < -0.3 is 0 Å². The minimum Gasteiger partial charge on any atom is -0.103 e.